The lowest BCUT2D eigenvalue weighted by molar-refractivity contribution is -0.133. The molecule has 0 bridgehead atoms. The molecular weight excluding hydrogens is 444 g/mol. The predicted molar refractivity (Wildman–Crippen MR) is 135 cm³/mol. The molecule has 4 atom stereocenters. The van der Waals surface area contributed by atoms with Crippen molar-refractivity contribution in [2.45, 2.75) is 116 Å². The molecule has 2 aliphatic rings. The van der Waals surface area contributed by atoms with E-state index >= 15 is 0 Å². The largest absolute Gasteiger partial charge is 0.351 e. The minimum absolute atomic E-state index is 0.00804. The van der Waals surface area contributed by atoms with E-state index in [0.717, 1.165) is 19.3 Å². The van der Waals surface area contributed by atoms with E-state index in [1.165, 1.54) is 0 Å². The fourth-order valence-electron chi connectivity index (χ4n) is 4.98. The molecule has 1 aliphatic heterocycles. The van der Waals surface area contributed by atoms with Gasteiger partial charge in [-0.25, -0.2) is 9.97 Å². The van der Waals surface area contributed by atoms with Gasteiger partial charge in [-0.3, -0.25) is 14.4 Å². The van der Waals surface area contributed by atoms with Gasteiger partial charge in [-0.15, -0.1) is 0 Å². The SMILES string of the molecule is CCC(=O)N[C@@H]1C[C@H](NC(C)(C)C)CCC1N1CCC(NC(=O)c2ccnc(C(C)(C)C)n2)C1=O. The fourth-order valence-corrected chi connectivity index (χ4v) is 4.98. The van der Waals surface area contributed by atoms with Crippen LogP contribution in [0.3, 0.4) is 0 Å². The van der Waals surface area contributed by atoms with Crippen LogP contribution in [0, 0.1) is 0 Å². The number of rotatable bonds is 6. The Morgan fingerprint density at radius 2 is 1.80 bits per heavy atom. The third-order valence-electron chi connectivity index (χ3n) is 6.62. The third kappa shape index (κ3) is 6.99. The Morgan fingerprint density at radius 1 is 1.09 bits per heavy atom. The standard InChI is InChI=1S/C26H42N6O3/c1-8-21(33)28-19-15-16(31-26(5,6)7)9-10-20(19)32-14-12-18(23(32)35)29-22(34)17-11-13-27-24(30-17)25(2,3)4/h11,13,16,18-20,31H,8-10,12,14-15H2,1-7H3,(H,28,33)(H,29,34)/t16-,18?,19-,20?/m1/s1. The zero-order valence-corrected chi connectivity index (χ0v) is 22.3. The summed E-state index contributed by atoms with van der Waals surface area (Å²) in [5, 5.41) is 9.68. The number of nitrogens with zero attached hydrogens (tertiary/aromatic N) is 3. The third-order valence-corrected chi connectivity index (χ3v) is 6.62. The number of likely N-dealkylation sites (tertiary alicyclic amines) is 1. The molecule has 0 radical (unpaired) electrons. The fraction of sp³-hybridized carbons (Fsp3) is 0.731. The quantitative estimate of drug-likeness (QED) is 0.568. The first-order valence-electron chi connectivity index (χ1n) is 12.8. The van der Waals surface area contributed by atoms with E-state index in [9.17, 15) is 14.4 Å². The number of hydrogen-bond donors (Lipinski definition) is 3. The van der Waals surface area contributed by atoms with Crippen molar-refractivity contribution < 1.29 is 14.4 Å². The van der Waals surface area contributed by atoms with Crippen molar-refractivity contribution in [2.24, 2.45) is 0 Å². The van der Waals surface area contributed by atoms with Crippen LogP contribution in [-0.2, 0) is 15.0 Å². The van der Waals surface area contributed by atoms with Crippen LogP contribution in [0.25, 0.3) is 0 Å². The summed E-state index contributed by atoms with van der Waals surface area (Å²) in [5.74, 6) is 0.115. The summed E-state index contributed by atoms with van der Waals surface area (Å²) in [4.78, 5) is 49.1. The number of nitrogens with one attached hydrogen (secondary N) is 3. The van der Waals surface area contributed by atoms with Crippen molar-refractivity contribution in [1.82, 2.24) is 30.8 Å². The van der Waals surface area contributed by atoms with E-state index in [-0.39, 0.29) is 52.5 Å². The van der Waals surface area contributed by atoms with Crippen LogP contribution in [0.15, 0.2) is 12.3 Å². The highest BCUT2D eigenvalue weighted by Crippen LogP contribution is 2.29. The molecule has 194 valence electrons. The molecule has 1 saturated carbocycles. The molecule has 35 heavy (non-hydrogen) atoms. The molecule has 1 aromatic rings. The van der Waals surface area contributed by atoms with Crippen LogP contribution >= 0.6 is 0 Å². The Morgan fingerprint density at radius 3 is 2.43 bits per heavy atom. The van der Waals surface area contributed by atoms with E-state index in [2.05, 4.69) is 46.7 Å². The molecule has 3 amide bonds. The average Bonchev–Trinajstić information content (AvgIpc) is 3.12. The van der Waals surface area contributed by atoms with Gasteiger partial charge in [0, 0.05) is 36.2 Å². The van der Waals surface area contributed by atoms with Crippen molar-refractivity contribution in [2.75, 3.05) is 6.54 Å². The summed E-state index contributed by atoms with van der Waals surface area (Å²) in [6, 6.07) is 1.05. The normalized spacial score (nSPS) is 25.5. The lowest BCUT2D eigenvalue weighted by Crippen LogP contribution is -2.59. The van der Waals surface area contributed by atoms with Gasteiger partial charge in [0.1, 0.15) is 17.6 Å². The maximum Gasteiger partial charge on any atom is 0.270 e. The first kappa shape index (κ1) is 27.0. The highest BCUT2D eigenvalue weighted by molar-refractivity contribution is 5.96. The van der Waals surface area contributed by atoms with Crippen LogP contribution in [0.2, 0.25) is 0 Å². The van der Waals surface area contributed by atoms with Gasteiger partial charge in [-0.1, -0.05) is 27.7 Å². The second kappa shape index (κ2) is 10.6. The molecule has 2 heterocycles. The smallest absolute Gasteiger partial charge is 0.270 e. The van der Waals surface area contributed by atoms with Gasteiger partial charge in [-0.2, -0.15) is 0 Å². The average molecular weight is 487 g/mol. The Hall–Kier alpha value is -2.55. The van der Waals surface area contributed by atoms with Gasteiger partial charge in [0.25, 0.3) is 5.91 Å². The lowest BCUT2D eigenvalue weighted by atomic mass is 9.84. The Labute approximate surface area is 209 Å². The van der Waals surface area contributed by atoms with Gasteiger partial charge in [0.15, 0.2) is 0 Å². The van der Waals surface area contributed by atoms with Crippen molar-refractivity contribution in [3.05, 3.63) is 23.8 Å². The van der Waals surface area contributed by atoms with E-state index in [0.29, 0.717) is 25.2 Å². The summed E-state index contributed by atoms with van der Waals surface area (Å²) in [6.45, 7) is 14.8. The van der Waals surface area contributed by atoms with Gasteiger partial charge in [0.05, 0.1) is 12.1 Å². The predicted octanol–water partition coefficient (Wildman–Crippen LogP) is 2.31. The first-order valence-corrected chi connectivity index (χ1v) is 12.8. The van der Waals surface area contributed by atoms with Crippen molar-refractivity contribution in [3.8, 4) is 0 Å². The molecule has 3 rings (SSSR count). The molecule has 2 unspecified atom stereocenters. The Balaban J connectivity index is 1.69. The van der Waals surface area contributed by atoms with Crippen molar-refractivity contribution >= 4 is 17.7 Å². The monoisotopic (exact) mass is 486 g/mol. The van der Waals surface area contributed by atoms with E-state index < -0.39 is 6.04 Å². The lowest BCUT2D eigenvalue weighted by Gasteiger charge is -2.43. The van der Waals surface area contributed by atoms with Crippen molar-refractivity contribution in [3.63, 3.8) is 0 Å². The van der Waals surface area contributed by atoms with Gasteiger partial charge < -0.3 is 20.9 Å². The molecule has 1 saturated heterocycles. The van der Waals surface area contributed by atoms with E-state index in [4.69, 9.17) is 0 Å². The number of carbonyl (C=O) groups is 3. The van der Waals surface area contributed by atoms with Gasteiger partial charge >= 0.3 is 0 Å². The second-order valence-corrected chi connectivity index (χ2v) is 11.9. The molecule has 1 aromatic heterocycles. The molecule has 0 spiro atoms. The number of hydrogen-bond acceptors (Lipinski definition) is 6. The van der Waals surface area contributed by atoms with Crippen LogP contribution in [-0.4, -0.2) is 68.8 Å². The van der Waals surface area contributed by atoms with Crippen LogP contribution < -0.4 is 16.0 Å². The van der Waals surface area contributed by atoms with Crippen LogP contribution in [0.5, 0.6) is 0 Å². The van der Waals surface area contributed by atoms with Crippen molar-refractivity contribution in [1.29, 1.82) is 0 Å². The van der Waals surface area contributed by atoms with Gasteiger partial charge in [0.2, 0.25) is 11.8 Å². The summed E-state index contributed by atoms with van der Waals surface area (Å²) in [7, 11) is 0. The minimum atomic E-state index is -0.594. The van der Waals surface area contributed by atoms with Crippen LogP contribution in [0.4, 0.5) is 0 Å². The minimum Gasteiger partial charge on any atom is -0.351 e. The Bertz CT molecular complexity index is 936. The highest BCUT2D eigenvalue weighted by Gasteiger charge is 2.43. The molecule has 9 heteroatoms. The molecule has 1 aliphatic carbocycles. The highest BCUT2D eigenvalue weighted by atomic mass is 16.2. The van der Waals surface area contributed by atoms with Crippen LogP contribution in [0.1, 0.15) is 96.9 Å². The Kier molecular flexibility index (Phi) is 8.19. The molecule has 9 nitrogen and oxygen atoms in total. The number of carbonyl (C=O) groups excluding carboxylic acids is 3. The maximum absolute atomic E-state index is 13.4. The summed E-state index contributed by atoms with van der Waals surface area (Å²) in [5.41, 5.74) is -0.0451. The summed E-state index contributed by atoms with van der Waals surface area (Å²) < 4.78 is 0. The maximum atomic E-state index is 13.4. The second-order valence-electron chi connectivity index (χ2n) is 11.9. The number of amides is 3. The molecular formula is C26H42N6O3. The summed E-state index contributed by atoms with van der Waals surface area (Å²) >= 11 is 0. The molecule has 2 fully saturated rings. The zero-order valence-electron chi connectivity index (χ0n) is 22.3. The topological polar surface area (TPSA) is 116 Å². The van der Waals surface area contributed by atoms with E-state index in [1.54, 1.807) is 12.3 Å². The first-order chi connectivity index (χ1) is 16.3. The summed E-state index contributed by atoms with van der Waals surface area (Å²) in [6.07, 6.45) is 5.02. The molecule has 0 aromatic carbocycles. The van der Waals surface area contributed by atoms with Gasteiger partial charge in [-0.05, 0) is 52.5 Å². The number of aromatic nitrogens is 2. The zero-order chi connectivity index (χ0) is 26.0. The van der Waals surface area contributed by atoms with E-state index in [1.807, 2.05) is 32.6 Å². The molecule has 3 N–H and O–H groups in total.